The monoisotopic (exact) mass is 397 g/mol. The number of aliphatic hydroxyl groups excluding tert-OH is 1. The minimum atomic E-state index is -4.67. The molecule has 1 saturated heterocycles. The van der Waals surface area contributed by atoms with Gasteiger partial charge in [-0.05, 0) is 38.1 Å². The fourth-order valence-corrected chi connectivity index (χ4v) is 5.39. The van der Waals surface area contributed by atoms with Crippen molar-refractivity contribution in [3.63, 3.8) is 0 Å². The summed E-state index contributed by atoms with van der Waals surface area (Å²) >= 11 is 0. The van der Waals surface area contributed by atoms with Gasteiger partial charge < -0.3 is 19.5 Å². The molecule has 0 saturated carbocycles. The Morgan fingerprint density at radius 2 is 2.00 bits per heavy atom. The largest absolute Gasteiger partial charge is 0.493 e. The standard InChI is InChI=1S/C18H21NO3.H2O4S/c1-19-8-7-18-11-4-5-13(20)17(18)22-16-14(21-2)6-3-10(15(16)18)9-12(11)19;1-5(2,3)4/h3-6,11-13,17,20H,7-9H2,1-2H3;(H2,1,2,3,4)/t11-,12+,13-,17-,18-;/m0./s1. The van der Waals surface area contributed by atoms with Crippen molar-refractivity contribution in [3.8, 4) is 11.5 Å². The second-order valence-electron chi connectivity index (χ2n) is 7.56. The third-order valence-electron chi connectivity index (χ3n) is 6.35. The van der Waals surface area contributed by atoms with Crippen molar-refractivity contribution in [1.82, 2.24) is 4.90 Å². The molecule has 0 amide bonds. The van der Waals surface area contributed by atoms with E-state index >= 15 is 0 Å². The Balaban J connectivity index is 0.000000323. The highest BCUT2D eigenvalue weighted by molar-refractivity contribution is 7.79. The summed E-state index contributed by atoms with van der Waals surface area (Å²) in [6, 6.07) is 4.70. The second kappa shape index (κ2) is 6.18. The number of likely N-dealkylation sites (tertiary alicyclic amines) is 1. The molecule has 0 aromatic heterocycles. The maximum atomic E-state index is 10.6. The van der Waals surface area contributed by atoms with Gasteiger partial charge in [-0.2, -0.15) is 8.42 Å². The minimum Gasteiger partial charge on any atom is -0.493 e. The number of hydrogen-bond donors (Lipinski definition) is 3. The van der Waals surface area contributed by atoms with Crippen LogP contribution in [0, 0.1) is 5.92 Å². The first-order valence-electron chi connectivity index (χ1n) is 8.80. The third-order valence-corrected chi connectivity index (χ3v) is 6.35. The molecule has 1 fully saturated rings. The van der Waals surface area contributed by atoms with Gasteiger partial charge in [-0.1, -0.05) is 18.2 Å². The fraction of sp³-hybridized carbons (Fsp3) is 0.556. The number of ether oxygens (including phenoxy) is 2. The van der Waals surface area contributed by atoms with E-state index in [0.717, 1.165) is 30.9 Å². The molecule has 5 rings (SSSR count). The van der Waals surface area contributed by atoms with Gasteiger partial charge in [0, 0.05) is 22.9 Å². The average Bonchev–Trinajstić information content (AvgIpc) is 2.93. The Hall–Kier alpha value is -1.65. The summed E-state index contributed by atoms with van der Waals surface area (Å²) in [5, 5.41) is 10.6. The number of piperidine rings is 1. The van der Waals surface area contributed by atoms with Crippen LogP contribution in [0.25, 0.3) is 0 Å². The van der Waals surface area contributed by atoms with Gasteiger partial charge in [-0.3, -0.25) is 9.11 Å². The molecule has 1 spiro atoms. The zero-order chi connectivity index (χ0) is 19.6. The minimum absolute atomic E-state index is 0.0806. The Morgan fingerprint density at radius 3 is 2.67 bits per heavy atom. The lowest BCUT2D eigenvalue weighted by molar-refractivity contribution is -0.0453. The van der Waals surface area contributed by atoms with E-state index in [1.54, 1.807) is 7.11 Å². The third kappa shape index (κ3) is 2.76. The van der Waals surface area contributed by atoms with Gasteiger partial charge in [0.25, 0.3) is 0 Å². The first-order valence-corrected chi connectivity index (χ1v) is 10.2. The number of nitrogens with zero attached hydrogens (tertiary/aromatic N) is 1. The molecule has 4 aliphatic rings. The SMILES string of the molecule is COc1ccc2c3c1O[C@H]1[C@@H](O)C=C[C@H]4[C@@H](C2)N(C)CC[C@@]341.O=S(=O)(O)O. The molecule has 2 heterocycles. The van der Waals surface area contributed by atoms with Gasteiger partial charge in [0.1, 0.15) is 12.2 Å². The maximum absolute atomic E-state index is 10.6. The predicted molar refractivity (Wildman–Crippen MR) is 96.6 cm³/mol. The molecule has 2 aliphatic heterocycles. The zero-order valence-electron chi connectivity index (χ0n) is 15.1. The van der Waals surface area contributed by atoms with Crippen molar-refractivity contribution >= 4 is 10.4 Å². The van der Waals surface area contributed by atoms with E-state index in [1.165, 1.54) is 11.1 Å². The van der Waals surface area contributed by atoms with Crippen molar-refractivity contribution in [2.24, 2.45) is 5.92 Å². The molecule has 8 nitrogen and oxygen atoms in total. The molecule has 3 N–H and O–H groups in total. The molecule has 27 heavy (non-hydrogen) atoms. The maximum Gasteiger partial charge on any atom is 0.394 e. The summed E-state index contributed by atoms with van der Waals surface area (Å²) in [4.78, 5) is 2.47. The molecule has 2 aliphatic carbocycles. The van der Waals surface area contributed by atoms with Crippen LogP contribution in [0.15, 0.2) is 24.3 Å². The molecule has 9 heteroatoms. The van der Waals surface area contributed by atoms with Crippen LogP contribution in [0.1, 0.15) is 17.5 Å². The molecule has 0 unspecified atom stereocenters. The van der Waals surface area contributed by atoms with Crippen molar-refractivity contribution in [2.75, 3.05) is 20.7 Å². The first kappa shape index (κ1) is 18.7. The number of methoxy groups -OCH3 is 1. The summed E-state index contributed by atoms with van der Waals surface area (Å²) in [7, 11) is -0.760. The van der Waals surface area contributed by atoms with Gasteiger partial charge >= 0.3 is 10.4 Å². The van der Waals surface area contributed by atoms with Crippen LogP contribution in [0.2, 0.25) is 0 Å². The number of rotatable bonds is 1. The molecule has 1 aromatic carbocycles. The van der Waals surface area contributed by atoms with E-state index in [-0.39, 0.29) is 11.5 Å². The van der Waals surface area contributed by atoms with E-state index in [2.05, 4.69) is 24.1 Å². The smallest absolute Gasteiger partial charge is 0.394 e. The van der Waals surface area contributed by atoms with Crippen molar-refractivity contribution in [1.29, 1.82) is 0 Å². The molecule has 148 valence electrons. The number of likely N-dealkylation sites (N-methyl/N-ethyl adjacent to an activating group) is 1. The van der Waals surface area contributed by atoms with E-state index < -0.39 is 16.5 Å². The fourth-order valence-electron chi connectivity index (χ4n) is 5.39. The van der Waals surface area contributed by atoms with E-state index in [9.17, 15) is 5.11 Å². The topological polar surface area (TPSA) is 117 Å². The van der Waals surface area contributed by atoms with Gasteiger partial charge in [0.2, 0.25) is 0 Å². The van der Waals surface area contributed by atoms with Crippen LogP contribution >= 0.6 is 0 Å². The van der Waals surface area contributed by atoms with Crippen LogP contribution in [0.3, 0.4) is 0 Å². The Kier molecular flexibility index (Phi) is 4.28. The summed E-state index contributed by atoms with van der Waals surface area (Å²) in [6.45, 7) is 1.05. The highest BCUT2D eigenvalue weighted by Crippen LogP contribution is 2.62. The Bertz CT molecular complexity index is 891. The van der Waals surface area contributed by atoms with Crippen LogP contribution in [0.5, 0.6) is 11.5 Å². The normalized spacial score (nSPS) is 35.6. The van der Waals surface area contributed by atoms with Crippen LogP contribution < -0.4 is 9.47 Å². The summed E-state index contributed by atoms with van der Waals surface area (Å²) in [5.41, 5.74) is 2.60. The van der Waals surface area contributed by atoms with E-state index in [4.69, 9.17) is 27.0 Å². The lowest BCUT2D eigenvalue weighted by Crippen LogP contribution is -2.64. The highest BCUT2D eigenvalue weighted by atomic mass is 32.3. The van der Waals surface area contributed by atoms with E-state index in [1.807, 2.05) is 12.1 Å². The zero-order valence-corrected chi connectivity index (χ0v) is 15.9. The van der Waals surface area contributed by atoms with Crippen LogP contribution in [-0.4, -0.2) is 66.5 Å². The van der Waals surface area contributed by atoms with Gasteiger partial charge in [0.05, 0.1) is 7.11 Å². The number of aliphatic hydroxyl groups is 1. The molecule has 1 aromatic rings. The quantitative estimate of drug-likeness (QED) is 0.472. The Labute approximate surface area is 158 Å². The van der Waals surface area contributed by atoms with Crippen LogP contribution in [-0.2, 0) is 22.2 Å². The lowest BCUT2D eigenvalue weighted by atomic mass is 9.53. The van der Waals surface area contributed by atoms with Crippen molar-refractivity contribution in [3.05, 3.63) is 35.4 Å². The molecular weight excluding hydrogens is 374 g/mol. The van der Waals surface area contributed by atoms with Gasteiger partial charge in [-0.25, -0.2) is 0 Å². The second-order valence-corrected chi connectivity index (χ2v) is 8.46. The lowest BCUT2D eigenvalue weighted by Gasteiger charge is -2.56. The molecule has 5 atom stereocenters. The van der Waals surface area contributed by atoms with Crippen molar-refractivity contribution < 1.29 is 32.1 Å². The van der Waals surface area contributed by atoms with E-state index in [0.29, 0.717) is 12.0 Å². The average molecular weight is 397 g/mol. The molecule has 0 radical (unpaired) electrons. The summed E-state index contributed by atoms with van der Waals surface area (Å²) in [6.07, 6.45) is 5.54. The highest BCUT2D eigenvalue weighted by Gasteiger charge is 2.64. The molecular formula is C18H23NO7S. The first-order chi connectivity index (χ1) is 12.7. The molecule has 2 bridgehead atoms. The van der Waals surface area contributed by atoms with Crippen molar-refractivity contribution in [2.45, 2.75) is 36.5 Å². The van der Waals surface area contributed by atoms with Gasteiger partial charge in [0.15, 0.2) is 11.5 Å². The predicted octanol–water partition coefficient (Wildman–Crippen LogP) is 0.848. The van der Waals surface area contributed by atoms with Gasteiger partial charge in [-0.15, -0.1) is 0 Å². The van der Waals surface area contributed by atoms with Crippen LogP contribution in [0.4, 0.5) is 0 Å². The number of hydrogen-bond acceptors (Lipinski definition) is 6. The Morgan fingerprint density at radius 1 is 1.30 bits per heavy atom. The summed E-state index contributed by atoms with van der Waals surface area (Å²) < 4.78 is 43.4. The summed E-state index contributed by atoms with van der Waals surface area (Å²) in [5.74, 6) is 2.09. The number of benzene rings is 1.